The first kappa shape index (κ1) is 31.9. The van der Waals surface area contributed by atoms with E-state index in [9.17, 15) is 14.4 Å². The number of nitrogens with zero attached hydrogens (tertiary/aromatic N) is 2. The lowest BCUT2D eigenvalue weighted by atomic mass is 10.0. The van der Waals surface area contributed by atoms with Gasteiger partial charge in [-0.3, -0.25) is 15.1 Å². The molecule has 11 heteroatoms. The SMILES string of the molecule is COc1ccc(NC(=O)NC(CCCN(C)C)c2ccc(C(=O)Nc3ccccc3NC(=O)OC(C)(C)C)nc2)cc1. The van der Waals surface area contributed by atoms with Gasteiger partial charge in [0.05, 0.1) is 24.5 Å². The molecule has 0 radical (unpaired) electrons. The Hall–Kier alpha value is -4.64. The van der Waals surface area contributed by atoms with E-state index in [1.807, 2.05) is 14.1 Å². The van der Waals surface area contributed by atoms with Gasteiger partial charge in [0.15, 0.2) is 0 Å². The second-order valence-corrected chi connectivity index (χ2v) is 10.9. The highest BCUT2D eigenvalue weighted by atomic mass is 16.6. The molecule has 2 aromatic carbocycles. The van der Waals surface area contributed by atoms with Gasteiger partial charge >= 0.3 is 12.1 Å². The van der Waals surface area contributed by atoms with Gasteiger partial charge in [-0.1, -0.05) is 18.2 Å². The number of urea groups is 1. The molecule has 224 valence electrons. The predicted molar refractivity (Wildman–Crippen MR) is 164 cm³/mol. The number of pyridine rings is 1. The molecule has 3 aromatic rings. The largest absolute Gasteiger partial charge is 0.497 e. The molecule has 0 saturated heterocycles. The second kappa shape index (κ2) is 14.8. The Kier molecular flexibility index (Phi) is 11.3. The monoisotopic (exact) mass is 576 g/mol. The van der Waals surface area contributed by atoms with E-state index in [-0.39, 0.29) is 17.8 Å². The Morgan fingerprint density at radius 3 is 2.14 bits per heavy atom. The molecule has 4 N–H and O–H groups in total. The Bertz CT molecular complexity index is 1340. The van der Waals surface area contributed by atoms with Gasteiger partial charge in [0.1, 0.15) is 17.0 Å². The molecule has 0 aliphatic carbocycles. The fraction of sp³-hybridized carbons (Fsp3) is 0.355. The molecule has 0 spiro atoms. The first-order valence-electron chi connectivity index (χ1n) is 13.7. The number of carbonyl (C=O) groups excluding carboxylic acids is 3. The molecule has 0 bridgehead atoms. The zero-order chi connectivity index (χ0) is 30.7. The molecule has 1 aromatic heterocycles. The average Bonchev–Trinajstić information content (AvgIpc) is 2.93. The summed E-state index contributed by atoms with van der Waals surface area (Å²) >= 11 is 0. The summed E-state index contributed by atoms with van der Waals surface area (Å²) in [4.78, 5) is 44.5. The van der Waals surface area contributed by atoms with Crippen molar-refractivity contribution in [3.63, 3.8) is 0 Å². The number of nitrogens with one attached hydrogen (secondary N) is 4. The van der Waals surface area contributed by atoms with Crippen molar-refractivity contribution < 1.29 is 23.9 Å². The topological polar surface area (TPSA) is 134 Å². The Morgan fingerprint density at radius 2 is 1.57 bits per heavy atom. The van der Waals surface area contributed by atoms with Gasteiger partial charge in [-0.2, -0.15) is 0 Å². The molecule has 0 saturated carbocycles. The highest BCUT2D eigenvalue weighted by Crippen LogP contribution is 2.24. The van der Waals surface area contributed by atoms with Crippen LogP contribution in [0.1, 0.15) is 55.7 Å². The van der Waals surface area contributed by atoms with Crippen LogP contribution in [-0.4, -0.2) is 61.3 Å². The lowest BCUT2D eigenvalue weighted by Crippen LogP contribution is -2.33. The van der Waals surface area contributed by atoms with Crippen molar-refractivity contribution in [1.82, 2.24) is 15.2 Å². The summed E-state index contributed by atoms with van der Waals surface area (Å²) in [5.74, 6) is 0.245. The molecule has 42 heavy (non-hydrogen) atoms. The Labute approximate surface area is 247 Å². The molecule has 1 heterocycles. The zero-order valence-electron chi connectivity index (χ0n) is 25.0. The highest BCUT2D eigenvalue weighted by Gasteiger charge is 2.19. The van der Waals surface area contributed by atoms with Crippen LogP contribution in [0.4, 0.5) is 26.7 Å². The van der Waals surface area contributed by atoms with Crippen LogP contribution < -0.4 is 26.0 Å². The molecule has 1 unspecified atom stereocenters. The van der Waals surface area contributed by atoms with E-state index in [4.69, 9.17) is 9.47 Å². The van der Waals surface area contributed by atoms with Crippen LogP contribution in [0.2, 0.25) is 0 Å². The van der Waals surface area contributed by atoms with Gasteiger partial charge in [0.2, 0.25) is 0 Å². The van der Waals surface area contributed by atoms with Crippen molar-refractivity contribution >= 4 is 35.1 Å². The molecular weight excluding hydrogens is 536 g/mol. The number of methoxy groups -OCH3 is 1. The van der Waals surface area contributed by atoms with E-state index in [1.54, 1.807) is 94.7 Å². The number of benzene rings is 2. The normalized spacial score (nSPS) is 11.8. The van der Waals surface area contributed by atoms with E-state index < -0.39 is 17.6 Å². The average molecular weight is 577 g/mol. The number of anilines is 3. The summed E-state index contributed by atoms with van der Waals surface area (Å²) in [6.07, 6.45) is 2.47. The number of hydrogen-bond donors (Lipinski definition) is 4. The third-order valence-corrected chi connectivity index (χ3v) is 5.98. The third kappa shape index (κ3) is 10.4. The molecule has 3 rings (SSSR count). The van der Waals surface area contributed by atoms with Crippen molar-refractivity contribution in [2.24, 2.45) is 0 Å². The third-order valence-electron chi connectivity index (χ3n) is 5.98. The van der Waals surface area contributed by atoms with Crippen molar-refractivity contribution in [2.45, 2.75) is 45.3 Å². The standard InChI is InChI=1S/C31H40N6O5/c1-31(2,3)42-30(40)36-26-11-8-7-10-25(26)34-28(38)27-18-13-21(20-32-27)24(12-9-19-37(4)5)35-29(39)33-22-14-16-23(41-6)17-15-22/h7-8,10-11,13-18,20,24H,9,12,19H2,1-6H3,(H,34,38)(H,36,40)(H2,33,35,39). The minimum atomic E-state index is -0.663. The van der Waals surface area contributed by atoms with Crippen LogP contribution in [0.15, 0.2) is 66.9 Å². The van der Waals surface area contributed by atoms with Gasteiger partial charge in [0, 0.05) is 11.9 Å². The van der Waals surface area contributed by atoms with Crippen molar-refractivity contribution in [1.29, 1.82) is 0 Å². The Morgan fingerprint density at radius 1 is 0.905 bits per heavy atom. The number of rotatable bonds is 11. The minimum absolute atomic E-state index is 0.181. The maximum Gasteiger partial charge on any atom is 0.412 e. The number of carbonyl (C=O) groups is 3. The smallest absolute Gasteiger partial charge is 0.412 e. The number of hydrogen-bond acceptors (Lipinski definition) is 7. The van der Waals surface area contributed by atoms with Crippen LogP contribution in [0.3, 0.4) is 0 Å². The van der Waals surface area contributed by atoms with Crippen LogP contribution in [0.5, 0.6) is 5.75 Å². The van der Waals surface area contributed by atoms with E-state index in [0.29, 0.717) is 29.2 Å². The summed E-state index contributed by atoms with van der Waals surface area (Å²) in [6.45, 7) is 6.16. The van der Waals surface area contributed by atoms with Crippen molar-refractivity contribution in [2.75, 3.05) is 43.7 Å². The maximum absolute atomic E-state index is 13.0. The van der Waals surface area contributed by atoms with E-state index in [1.165, 1.54) is 0 Å². The molecule has 1 atom stereocenters. The summed E-state index contributed by atoms with van der Waals surface area (Å²) in [7, 11) is 5.57. The summed E-state index contributed by atoms with van der Waals surface area (Å²) in [6, 6.07) is 16.6. The molecule has 0 aliphatic rings. The fourth-order valence-electron chi connectivity index (χ4n) is 3.98. The lowest BCUT2D eigenvalue weighted by Gasteiger charge is -2.21. The quantitative estimate of drug-likeness (QED) is 0.223. The highest BCUT2D eigenvalue weighted by molar-refractivity contribution is 6.05. The van der Waals surface area contributed by atoms with E-state index >= 15 is 0 Å². The first-order valence-corrected chi connectivity index (χ1v) is 13.7. The number of amides is 4. The van der Waals surface area contributed by atoms with Crippen LogP contribution in [0, 0.1) is 0 Å². The fourth-order valence-corrected chi connectivity index (χ4v) is 3.98. The lowest BCUT2D eigenvalue weighted by molar-refractivity contribution is 0.0635. The Balaban J connectivity index is 1.69. The summed E-state index contributed by atoms with van der Waals surface area (Å²) in [5.41, 5.74) is 1.71. The van der Waals surface area contributed by atoms with E-state index in [0.717, 1.165) is 18.5 Å². The number of para-hydroxylation sites is 2. The molecule has 0 fully saturated rings. The maximum atomic E-state index is 13.0. The van der Waals surface area contributed by atoms with Crippen molar-refractivity contribution in [3.05, 3.63) is 78.1 Å². The predicted octanol–water partition coefficient (Wildman–Crippen LogP) is 5.89. The summed E-state index contributed by atoms with van der Waals surface area (Å²) < 4.78 is 10.5. The van der Waals surface area contributed by atoms with E-state index in [2.05, 4.69) is 31.2 Å². The molecular formula is C31H40N6O5. The van der Waals surface area contributed by atoms with Crippen LogP contribution in [-0.2, 0) is 4.74 Å². The molecule has 11 nitrogen and oxygen atoms in total. The van der Waals surface area contributed by atoms with Crippen LogP contribution in [0.25, 0.3) is 0 Å². The summed E-state index contributed by atoms with van der Waals surface area (Å²) in [5, 5.41) is 11.3. The number of aromatic nitrogens is 1. The van der Waals surface area contributed by atoms with Gasteiger partial charge in [0.25, 0.3) is 5.91 Å². The van der Waals surface area contributed by atoms with Gasteiger partial charge in [-0.15, -0.1) is 0 Å². The number of ether oxygens (including phenoxy) is 2. The zero-order valence-corrected chi connectivity index (χ0v) is 25.0. The first-order chi connectivity index (χ1) is 19.9. The van der Waals surface area contributed by atoms with Gasteiger partial charge in [-0.25, -0.2) is 9.59 Å². The minimum Gasteiger partial charge on any atom is -0.497 e. The molecule has 4 amide bonds. The second-order valence-electron chi connectivity index (χ2n) is 10.9. The molecule has 0 aliphatic heterocycles. The van der Waals surface area contributed by atoms with Gasteiger partial charge in [-0.05, 0) is 102 Å². The van der Waals surface area contributed by atoms with Crippen LogP contribution >= 0.6 is 0 Å². The van der Waals surface area contributed by atoms with Crippen molar-refractivity contribution in [3.8, 4) is 5.75 Å². The van der Waals surface area contributed by atoms with Gasteiger partial charge < -0.3 is 30.3 Å².